The van der Waals surface area contributed by atoms with Crippen molar-refractivity contribution in [3.05, 3.63) is 23.9 Å². The maximum Gasteiger partial charge on any atom is 0.244 e. The Balaban J connectivity index is 2.62. The fourth-order valence-corrected chi connectivity index (χ4v) is 1.08. The fraction of sp³-hybridized carbons (Fsp3) is 0.400. The molecular formula is C10H15N3O2. The molecule has 1 rings (SSSR count). The highest BCUT2D eigenvalue weighted by Gasteiger charge is 2.14. The smallest absolute Gasteiger partial charge is 0.244 e. The number of aryl methyl sites for hydroxylation is 1. The maximum absolute atomic E-state index is 11.5. The van der Waals surface area contributed by atoms with Crippen molar-refractivity contribution in [3.8, 4) is 0 Å². The molecule has 1 amide bonds. The van der Waals surface area contributed by atoms with Crippen LogP contribution < -0.4 is 11.1 Å². The standard InChI is InChI=1S/C10H15N3O2/c1-7-4-3-5-12-9(7)13-10(14)8(11)6-15-2/h3-5,8H,6,11H2,1-2H3,(H,12,13,14). The number of amides is 1. The van der Waals surface area contributed by atoms with E-state index in [4.69, 9.17) is 10.5 Å². The summed E-state index contributed by atoms with van der Waals surface area (Å²) in [5, 5.41) is 2.64. The van der Waals surface area contributed by atoms with E-state index in [1.165, 1.54) is 7.11 Å². The number of carbonyl (C=O) groups excluding carboxylic acids is 1. The number of hydrogen-bond acceptors (Lipinski definition) is 4. The Morgan fingerprint density at radius 2 is 2.47 bits per heavy atom. The van der Waals surface area contributed by atoms with Crippen molar-refractivity contribution in [1.82, 2.24) is 4.98 Å². The van der Waals surface area contributed by atoms with Gasteiger partial charge in [0.05, 0.1) is 6.61 Å². The van der Waals surface area contributed by atoms with Gasteiger partial charge in [0.15, 0.2) is 0 Å². The van der Waals surface area contributed by atoms with E-state index < -0.39 is 6.04 Å². The van der Waals surface area contributed by atoms with Gasteiger partial charge in [-0.1, -0.05) is 6.07 Å². The molecule has 1 atom stereocenters. The third kappa shape index (κ3) is 3.30. The molecule has 0 spiro atoms. The highest BCUT2D eigenvalue weighted by Crippen LogP contribution is 2.08. The summed E-state index contributed by atoms with van der Waals surface area (Å²) in [6.07, 6.45) is 1.62. The van der Waals surface area contributed by atoms with Gasteiger partial charge in [-0.25, -0.2) is 4.98 Å². The summed E-state index contributed by atoms with van der Waals surface area (Å²) in [6.45, 7) is 2.06. The molecule has 1 aromatic rings. The summed E-state index contributed by atoms with van der Waals surface area (Å²) < 4.78 is 4.79. The Labute approximate surface area is 88.6 Å². The molecule has 15 heavy (non-hydrogen) atoms. The van der Waals surface area contributed by atoms with Crippen molar-refractivity contribution in [2.24, 2.45) is 5.73 Å². The molecule has 0 aliphatic heterocycles. The Morgan fingerprint density at radius 3 is 3.07 bits per heavy atom. The van der Waals surface area contributed by atoms with Crippen LogP contribution >= 0.6 is 0 Å². The summed E-state index contributed by atoms with van der Waals surface area (Å²) in [5.74, 6) is 0.243. The maximum atomic E-state index is 11.5. The number of hydrogen-bond donors (Lipinski definition) is 2. The van der Waals surface area contributed by atoms with Crippen molar-refractivity contribution in [2.45, 2.75) is 13.0 Å². The molecule has 1 unspecified atom stereocenters. The Morgan fingerprint density at radius 1 is 1.73 bits per heavy atom. The molecule has 0 aliphatic carbocycles. The molecule has 0 aromatic carbocycles. The minimum Gasteiger partial charge on any atom is -0.383 e. The molecule has 5 nitrogen and oxygen atoms in total. The van der Waals surface area contributed by atoms with Crippen LogP contribution in [0.15, 0.2) is 18.3 Å². The number of ether oxygens (including phenoxy) is 1. The number of pyridine rings is 1. The zero-order valence-electron chi connectivity index (χ0n) is 8.86. The summed E-state index contributed by atoms with van der Waals surface area (Å²) in [5.41, 5.74) is 6.46. The lowest BCUT2D eigenvalue weighted by Gasteiger charge is -2.11. The van der Waals surface area contributed by atoms with Crippen LogP contribution in [-0.4, -0.2) is 30.6 Å². The van der Waals surface area contributed by atoms with Crippen LogP contribution in [0.3, 0.4) is 0 Å². The van der Waals surface area contributed by atoms with E-state index in [1.54, 1.807) is 12.3 Å². The molecular weight excluding hydrogens is 194 g/mol. The van der Waals surface area contributed by atoms with Gasteiger partial charge in [0.1, 0.15) is 11.9 Å². The van der Waals surface area contributed by atoms with Crippen LogP contribution in [0.5, 0.6) is 0 Å². The van der Waals surface area contributed by atoms with Crippen LogP contribution in [0.4, 0.5) is 5.82 Å². The minimum atomic E-state index is -0.670. The van der Waals surface area contributed by atoms with E-state index in [2.05, 4.69) is 10.3 Å². The largest absolute Gasteiger partial charge is 0.383 e. The zero-order valence-corrected chi connectivity index (χ0v) is 8.86. The van der Waals surface area contributed by atoms with Gasteiger partial charge >= 0.3 is 0 Å². The van der Waals surface area contributed by atoms with Gasteiger partial charge in [0.2, 0.25) is 5.91 Å². The molecule has 1 heterocycles. The predicted octanol–water partition coefficient (Wildman–Crippen LogP) is 0.302. The van der Waals surface area contributed by atoms with Crippen LogP contribution in [0, 0.1) is 6.92 Å². The van der Waals surface area contributed by atoms with Gasteiger partial charge in [0, 0.05) is 13.3 Å². The first kappa shape index (κ1) is 11.6. The van der Waals surface area contributed by atoms with Gasteiger partial charge in [0.25, 0.3) is 0 Å². The predicted molar refractivity (Wildman–Crippen MR) is 57.5 cm³/mol. The third-order valence-corrected chi connectivity index (χ3v) is 1.93. The number of nitrogens with zero attached hydrogens (tertiary/aromatic N) is 1. The zero-order chi connectivity index (χ0) is 11.3. The summed E-state index contributed by atoms with van der Waals surface area (Å²) in [6, 6.07) is 3.00. The van der Waals surface area contributed by atoms with E-state index in [9.17, 15) is 4.79 Å². The Bertz CT molecular complexity index is 341. The lowest BCUT2D eigenvalue weighted by atomic mass is 10.2. The average molecular weight is 209 g/mol. The van der Waals surface area contributed by atoms with Crippen molar-refractivity contribution >= 4 is 11.7 Å². The second kappa shape index (κ2) is 5.43. The van der Waals surface area contributed by atoms with Crippen LogP contribution in [0.2, 0.25) is 0 Å². The highest BCUT2D eigenvalue weighted by molar-refractivity contribution is 5.94. The molecule has 1 aromatic heterocycles. The van der Waals surface area contributed by atoms with Crippen molar-refractivity contribution in [1.29, 1.82) is 0 Å². The summed E-state index contributed by atoms with van der Waals surface area (Å²) in [7, 11) is 1.50. The summed E-state index contributed by atoms with van der Waals surface area (Å²) in [4.78, 5) is 15.5. The lowest BCUT2D eigenvalue weighted by molar-refractivity contribution is -0.118. The number of aromatic nitrogens is 1. The molecule has 3 N–H and O–H groups in total. The molecule has 0 radical (unpaired) electrons. The topological polar surface area (TPSA) is 77.2 Å². The number of methoxy groups -OCH3 is 1. The lowest BCUT2D eigenvalue weighted by Crippen LogP contribution is -2.39. The van der Waals surface area contributed by atoms with Crippen molar-refractivity contribution in [3.63, 3.8) is 0 Å². The third-order valence-electron chi connectivity index (χ3n) is 1.93. The fourth-order valence-electron chi connectivity index (χ4n) is 1.08. The van der Waals surface area contributed by atoms with Gasteiger partial charge in [-0.2, -0.15) is 0 Å². The molecule has 0 aliphatic rings. The highest BCUT2D eigenvalue weighted by atomic mass is 16.5. The van der Waals surface area contributed by atoms with Gasteiger partial charge < -0.3 is 15.8 Å². The Kier molecular flexibility index (Phi) is 4.20. The van der Waals surface area contributed by atoms with E-state index in [0.717, 1.165) is 5.56 Å². The molecule has 0 saturated heterocycles. The number of rotatable bonds is 4. The van der Waals surface area contributed by atoms with Gasteiger partial charge in [-0.3, -0.25) is 4.79 Å². The van der Waals surface area contributed by atoms with E-state index in [0.29, 0.717) is 5.82 Å². The summed E-state index contributed by atoms with van der Waals surface area (Å²) >= 11 is 0. The monoisotopic (exact) mass is 209 g/mol. The molecule has 5 heteroatoms. The first-order valence-corrected chi connectivity index (χ1v) is 4.62. The number of nitrogens with two attached hydrogens (primary N) is 1. The molecule has 0 saturated carbocycles. The average Bonchev–Trinajstić information content (AvgIpc) is 2.21. The number of anilines is 1. The quantitative estimate of drug-likeness (QED) is 0.747. The van der Waals surface area contributed by atoms with Crippen molar-refractivity contribution in [2.75, 3.05) is 19.0 Å². The van der Waals surface area contributed by atoms with Crippen LogP contribution in [-0.2, 0) is 9.53 Å². The van der Waals surface area contributed by atoms with Gasteiger partial charge in [-0.05, 0) is 18.6 Å². The van der Waals surface area contributed by atoms with Crippen LogP contribution in [0.25, 0.3) is 0 Å². The first-order chi connectivity index (χ1) is 7.15. The van der Waals surface area contributed by atoms with Gasteiger partial charge in [-0.15, -0.1) is 0 Å². The molecule has 0 fully saturated rings. The number of nitrogens with one attached hydrogen (secondary N) is 1. The van der Waals surface area contributed by atoms with E-state index >= 15 is 0 Å². The van der Waals surface area contributed by atoms with Crippen LogP contribution in [0.1, 0.15) is 5.56 Å². The SMILES string of the molecule is COCC(N)C(=O)Nc1ncccc1C. The van der Waals surface area contributed by atoms with E-state index in [1.807, 2.05) is 13.0 Å². The molecule has 82 valence electrons. The number of carbonyl (C=O) groups is 1. The normalized spacial score (nSPS) is 12.2. The Hall–Kier alpha value is -1.46. The second-order valence-corrected chi connectivity index (χ2v) is 3.22. The second-order valence-electron chi connectivity index (χ2n) is 3.22. The molecule has 0 bridgehead atoms. The minimum absolute atomic E-state index is 0.192. The van der Waals surface area contributed by atoms with Crippen molar-refractivity contribution < 1.29 is 9.53 Å². The van der Waals surface area contributed by atoms with E-state index in [-0.39, 0.29) is 12.5 Å². The first-order valence-electron chi connectivity index (χ1n) is 4.62.